The molecule has 5 nitrogen and oxygen atoms in total. The third-order valence-electron chi connectivity index (χ3n) is 7.41. The predicted molar refractivity (Wildman–Crippen MR) is 117 cm³/mol. The molecule has 0 aromatic heterocycles. The lowest BCUT2D eigenvalue weighted by Crippen LogP contribution is -2.50. The van der Waals surface area contributed by atoms with Crippen LogP contribution >= 0.6 is 0 Å². The Kier molecular flexibility index (Phi) is 7.08. The van der Waals surface area contributed by atoms with Gasteiger partial charge < -0.3 is 15.0 Å². The van der Waals surface area contributed by atoms with Crippen molar-refractivity contribution >= 4 is 11.8 Å². The summed E-state index contributed by atoms with van der Waals surface area (Å²) in [6.07, 6.45) is 10.5. The lowest BCUT2D eigenvalue weighted by molar-refractivity contribution is -0.125. The maximum Gasteiger partial charge on any atom is 0.254 e. The summed E-state index contributed by atoms with van der Waals surface area (Å²) < 4.78 is 6.05. The Morgan fingerprint density at radius 2 is 1.77 bits per heavy atom. The van der Waals surface area contributed by atoms with Crippen LogP contribution in [0, 0.1) is 11.8 Å². The monoisotopic (exact) mass is 412 g/mol. The molecule has 30 heavy (non-hydrogen) atoms. The van der Waals surface area contributed by atoms with Crippen LogP contribution in [0.4, 0.5) is 0 Å². The summed E-state index contributed by atoms with van der Waals surface area (Å²) in [5.74, 6) is 1.03. The van der Waals surface area contributed by atoms with Gasteiger partial charge in [-0.2, -0.15) is 0 Å². The van der Waals surface area contributed by atoms with Gasteiger partial charge in [-0.15, -0.1) is 0 Å². The zero-order chi connectivity index (χ0) is 20.9. The standard InChI is InChI=1S/C25H36N2O3/c1-18-9-5-8-14-23(18)30-16-15-26-24(28)22-17-20-12-6-7-13-21(20)27(22)25(29)19-10-3-2-4-11-19/h2-4,10-11,18,20-23H,5-9,12-17H2,1H3,(H,26,28). The SMILES string of the molecule is CC1CCCCC1OCCNC(=O)C1CC2CCCCC2N1C(=O)c1ccccc1. The third-order valence-corrected chi connectivity index (χ3v) is 7.41. The molecule has 0 bridgehead atoms. The molecule has 1 aromatic rings. The number of rotatable bonds is 6. The molecular formula is C25H36N2O3. The molecule has 5 atom stereocenters. The number of ether oxygens (including phenoxy) is 1. The van der Waals surface area contributed by atoms with Crippen LogP contribution in [-0.4, -0.2) is 48.1 Å². The van der Waals surface area contributed by atoms with E-state index in [9.17, 15) is 9.59 Å². The minimum atomic E-state index is -0.362. The summed E-state index contributed by atoms with van der Waals surface area (Å²) in [7, 11) is 0. The zero-order valence-electron chi connectivity index (χ0n) is 18.2. The number of nitrogens with one attached hydrogen (secondary N) is 1. The van der Waals surface area contributed by atoms with Crippen LogP contribution in [0.1, 0.15) is 75.1 Å². The molecule has 2 amide bonds. The van der Waals surface area contributed by atoms with E-state index in [1.54, 1.807) is 0 Å². The molecule has 0 spiro atoms. The molecule has 1 aromatic carbocycles. The highest BCUT2D eigenvalue weighted by Crippen LogP contribution is 2.40. The highest BCUT2D eigenvalue weighted by molar-refractivity contribution is 5.98. The molecule has 1 N–H and O–H groups in total. The fourth-order valence-electron chi connectivity index (χ4n) is 5.75. The van der Waals surface area contributed by atoms with Crippen LogP contribution in [0.15, 0.2) is 30.3 Å². The number of hydrogen-bond donors (Lipinski definition) is 1. The first-order valence-electron chi connectivity index (χ1n) is 11.9. The molecule has 5 heteroatoms. The predicted octanol–water partition coefficient (Wildman–Crippen LogP) is 4.17. The first-order chi connectivity index (χ1) is 14.6. The van der Waals surface area contributed by atoms with Gasteiger partial charge in [0, 0.05) is 18.2 Å². The number of amides is 2. The van der Waals surface area contributed by atoms with Gasteiger partial charge in [0.25, 0.3) is 5.91 Å². The molecule has 2 aliphatic carbocycles. The molecule has 0 radical (unpaired) electrons. The summed E-state index contributed by atoms with van der Waals surface area (Å²) in [6, 6.07) is 9.24. The second-order valence-corrected chi connectivity index (χ2v) is 9.40. The third kappa shape index (κ3) is 4.72. The van der Waals surface area contributed by atoms with Gasteiger partial charge in [-0.05, 0) is 56.1 Å². The average Bonchev–Trinajstić information content (AvgIpc) is 3.17. The molecule has 1 aliphatic heterocycles. The van der Waals surface area contributed by atoms with Crippen LogP contribution < -0.4 is 5.32 Å². The molecular weight excluding hydrogens is 376 g/mol. The molecule has 3 aliphatic rings. The molecule has 3 fully saturated rings. The maximum absolute atomic E-state index is 13.3. The van der Waals surface area contributed by atoms with Crippen molar-refractivity contribution in [1.82, 2.24) is 10.2 Å². The van der Waals surface area contributed by atoms with Gasteiger partial charge in [0.2, 0.25) is 5.91 Å². The molecule has 2 saturated carbocycles. The lowest BCUT2D eigenvalue weighted by atomic mass is 9.84. The van der Waals surface area contributed by atoms with Crippen molar-refractivity contribution < 1.29 is 14.3 Å². The van der Waals surface area contributed by atoms with Gasteiger partial charge in [-0.25, -0.2) is 0 Å². The van der Waals surface area contributed by atoms with Gasteiger partial charge in [-0.1, -0.05) is 50.8 Å². The van der Waals surface area contributed by atoms with Gasteiger partial charge in [-0.3, -0.25) is 9.59 Å². The van der Waals surface area contributed by atoms with Crippen LogP contribution in [0.25, 0.3) is 0 Å². The van der Waals surface area contributed by atoms with Crippen molar-refractivity contribution in [2.24, 2.45) is 11.8 Å². The normalized spacial score (nSPS) is 31.2. The Hall–Kier alpha value is -1.88. The highest BCUT2D eigenvalue weighted by Gasteiger charge is 2.47. The summed E-state index contributed by atoms with van der Waals surface area (Å²) >= 11 is 0. The van der Waals surface area contributed by atoms with Crippen molar-refractivity contribution in [2.45, 2.75) is 82.9 Å². The van der Waals surface area contributed by atoms with Gasteiger partial charge >= 0.3 is 0 Å². The van der Waals surface area contributed by atoms with Gasteiger partial charge in [0.1, 0.15) is 6.04 Å². The highest BCUT2D eigenvalue weighted by atomic mass is 16.5. The number of likely N-dealkylation sites (tertiary alicyclic amines) is 1. The summed E-state index contributed by atoms with van der Waals surface area (Å²) in [5, 5.41) is 3.07. The van der Waals surface area contributed by atoms with E-state index in [0.717, 1.165) is 32.1 Å². The van der Waals surface area contributed by atoms with Crippen molar-refractivity contribution in [3.63, 3.8) is 0 Å². The van der Waals surface area contributed by atoms with E-state index in [-0.39, 0.29) is 23.9 Å². The van der Waals surface area contributed by atoms with Crippen LogP contribution in [0.5, 0.6) is 0 Å². The minimum Gasteiger partial charge on any atom is -0.376 e. The molecule has 1 heterocycles. The van der Waals surface area contributed by atoms with Gasteiger partial charge in [0.05, 0.1) is 12.7 Å². The molecule has 4 rings (SSSR count). The number of nitrogens with zero attached hydrogens (tertiary/aromatic N) is 1. The Bertz CT molecular complexity index is 722. The summed E-state index contributed by atoms with van der Waals surface area (Å²) in [5.41, 5.74) is 0.677. The van der Waals surface area contributed by atoms with E-state index in [1.807, 2.05) is 35.2 Å². The minimum absolute atomic E-state index is 0.00238. The van der Waals surface area contributed by atoms with Crippen molar-refractivity contribution in [3.8, 4) is 0 Å². The van der Waals surface area contributed by atoms with E-state index < -0.39 is 0 Å². The van der Waals surface area contributed by atoms with E-state index in [4.69, 9.17) is 4.74 Å². The number of carbonyl (C=O) groups excluding carboxylic acids is 2. The maximum atomic E-state index is 13.3. The van der Waals surface area contributed by atoms with Gasteiger partial charge in [0.15, 0.2) is 0 Å². The van der Waals surface area contributed by atoms with Crippen molar-refractivity contribution in [2.75, 3.05) is 13.2 Å². The Balaban J connectivity index is 1.36. The average molecular weight is 413 g/mol. The number of hydrogen-bond acceptors (Lipinski definition) is 3. The van der Waals surface area contributed by atoms with Crippen molar-refractivity contribution in [3.05, 3.63) is 35.9 Å². The number of carbonyl (C=O) groups is 2. The lowest BCUT2D eigenvalue weighted by Gasteiger charge is -2.33. The molecule has 1 saturated heterocycles. The van der Waals surface area contributed by atoms with E-state index in [0.29, 0.717) is 36.7 Å². The fraction of sp³-hybridized carbons (Fsp3) is 0.680. The number of fused-ring (bicyclic) bond motifs is 1. The smallest absolute Gasteiger partial charge is 0.254 e. The Labute approximate surface area is 180 Å². The van der Waals surface area contributed by atoms with Crippen LogP contribution in [-0.2, 0) is 9.53 Å². The Morgan fingerprint density at radius 3 is 2.57 bits per heavy atom. The van der Waals surface area contributed by atoms with Crippen molar-refractivity contribution in [1.29, 1.82) is 0 Å². The molecule has 164 valence electrons. The van der Waals surface area contributed by atoms with Crippen LogP contribution in [0.3, 0.4) is 0 Å². The summed E-state index contributed by atoms with van der Waals surface area (Å²) in [4.78, 5) is 28.3. The van der Waals surface area contributed by atoms with E-state index in [2.05, 4.69) is 12.2 Å². The first kappa shape index (κ1) is 21.4. The fourth-order valence-corrected chi connectivity index (χ4v) is 5.75. The second kappa shape index (κ2) is 9.95. The Morgan fingerprint density at radius 1 is 1.03 bits per heavy atom. The van der Waals surface area contributed by atoms with E-state index >= 15 is 0 Å². The zero-order valence-corrected chi connectivity index (χ0v) is 18.2. The second-order valence-electron chi connectivity index (χ2n) is 9.40. The van der Waals surface area contributed by atoms with E-state index in [1.165, 1.54) is 25.7 Å². The quantitative estimate of drug-likeness (QED) is 0.714. The topological polar surface area (TPSA) is 58.6 Å². The first-order valence-corrected chi connectivity index (χ1v) is 11.9. The van der Waals surface area contributed by atoms with Crippen LogP contribution in [0.2, 0.25) is 0 Å². The number of benzene rings is 1. The largest absolute Gasteiger partial charge is 0.376 e. The molecule has 5 unspecified atom stereocenters. The summed E-state index contributed by atoms with van der Waals surface area (Å²) in [6.45, 7) is 3.32.